The number of nitrogens with zero attached hydrogens (tertiary/aromatic N) is 1. The monoisotopic (exact) mass is 446 g/mol. The largest absolute Gasteiger partial charge is 0.493 e. The Morgan fingerprint density at radius 3 is 2.42 bits per heavy atom. The molecule has 0 bridgehead atoms. The van der Waals surface area contributed by atoms with Crippen molar-refractivity contribution in [3.63, 3.8) is 0 Å². The lowest BCUT2D eigenvalue weighted by Crippen LogP contribution is -2.46. The Hall–Kier alpha value is -3.28. The molecule has 2 aromatic carbocycles. The summed E-state index contributed by atoms with van der Waals surface area (Å²) in [6, 6.07) is 9.51. The molecule has 1 aliphatic carbocycles. The Balaban J connectivity index is 1.72. The third-order valence-corrected chi connectivity index (χ3v) is 7.49. The topological polar surface area (TPSA) is 71.6 Å². The predicted octanol–water partition coefficient (Wildman–Crippen LogP) is 4.44. The van der Waals surface area contributed by atoms with E-state index in [1.165, 1.54) is 0 Å². The summed E-state index contributed by atoms with van der Waals surface area (Å²) in [6.07, 6.45) is 3.65. The van der Waals surface area contributed by atoms with Crippen LogP contribution in [0.25, 0.3) is 10.9 Å². The van der Waals surface area contributed by atoms with E-state index >= 15 is 0 Å². The lowest BCUT2D eigenvalue weighted by atomic mass is 9.81. The van der Waals surface area contributed by atoms with Gasteiger partial charge in [-0.15, -0.1) is 0 Å². The second-order valence-corrected chi connectivity index (χ2v) is 9.24. The average molecular weight is 447 g/mol. The van der Waals surface area contributed by atoms with Crippen molar-refractivity contribution in [2.75, 3.05) is 20.8 Å². The minimum absolute atomic E-state index is 0.0543. The third kappa shape index (κ3) is 3.48. The molecule has 6 heteroatoms. The normalized spacial score (nSPS) is 18.1. The van der Waals surface area contributed by atoms with Crippen LogP contribution in [0.4, 0.5) is 0 Å². The first kappa shape index (κ1) is 21.6. The number of rotatable bonds is 4. The molecular formula is C27H30N2O4. The molecule has 0 unspecified atom stereocenters. The molecule has 2 aliphatic rings. The Bertz CT molecular complexity index is 1310. The molecular weight excluding hydrogens is 416 g/mol. The van der Waals surface area contributed by atoms with E-state index in [0.29, 0.717) is 30.0 Å². The number of methoxy groups -OCH3 is 2. The number of hydrogen-bond acceptors (Lipinski definition) is 4. The van der Waals surface area contributed by atoms with Crippen LogP contribution < -0.4 is 15.0 Å². The zero-order valence-corrected chi connectivity index (χ0v) is 19.7. The van der Waals surface area contributed by atoms with Gasteiger partial charge in [0.2, 0.25) is 5.91 Å². The number of aromatic nitrogens is 1. The molecule has 1 N–H and O–H groups in total. The summed E-state index contributed by atoms with van der Waals surface area (Å²) < 4.78 is 11.1. The number of carbonyl (C=O) groups is 1. The van der Waals surface area contributed by atoms with E-state index < -0.39 is 6.04 Å². The van der Waals surface area contributed by atoms with Crippen molar-refractivity contribution in [2.45, 2.75) is 45.6 Å². The van der Waals surface area contributed by atoms with E-state index in [0.717, 1.165) is 52.4 Å². The Morgan fingerprint density at radius 1 is 1.03 bits per heavy atom. The number of hydrogen-bond donors (Lipinski definition) is 1. The van der Waals surface area contributed by atoms with Gasteiger partial charge in [-0.25, -0.2) is 0 Å². The van der Waals surface area contributed by atoms with Gasteiger partial charge in [-0.05, 0) is 78.9 Å². The Labute approximate surface area is 193 Å². The smallest absolute Gasteiger partial charge is 0.254 e. The van der Waals surface area contributed by atoms with E-state index in [1.54, 1.807) is 14.2 Å². The number of ether oxygens (including phenoxy) is 2. The van der Waals surface area contributed by atoms with Crippen LogP contribution >= 0.6 is 0 Å². The van der Waals surface area contributed by atoms with Gasteiger partial charge in [-0.1, -0.05) is 18.6 Å². The number of pyridine rings is 1. The molecule has 1 amide bonds. The molecule has 6 nitrogen and oxygen atoms in total. The van der Waals surface area contributed by atoms with Crippen LogP contribution in [0.2, 0.25) is 0 Å². The highest BCUT2D eigenvalue weighted by Gasteiger charge is 2.39. The van der Waals surface area contributed by atoms with E-state index in [2.05, 4.69) is 11.1 Å². The third-order valence-electron chi connectivity index (χ3n) is 7.49. The first-order valence-electron chi connectivity index (χ1n) is 11.6. The number of nitrogens with one attached hydrogen (secondary N) is 1. The molecule has 1 aromatic heterocycles. The Kier molecular flexibility index (Phi) is 5.39. The zero-order chi connectivity index (χ0) is 23.3. The van der Waals surface area contributed by atoms with Crippen LogP contribution in [0.1, 0.15) is 53.1 Å². The molecule has 0 saturated heterocycles. The van der Waals surface area contributed by atoms with Gasteiger partial charge in [0.25, 0.3) is 5.56 Å². The van der Waals surface area contributed by atoms with Crippen molar-refractivity contribution < 1.29 is 14.3 Å². The van der Waals surface area contributed by atoms with E-state index in [-0.39, 0.29) is 17.4 Å². The zero-order valence-electron chi connectivity index (χ0n) is 19.7. The number of amides is 1. The molecule has 2 heterocycles. The van der Waals surface area contributed by atoms with Gasteiger partial charge in [0.05, 0.1) is 25.8 Å². The molecule has 0 radical (unpaired) electrons. The summed E-state index contributed by atoms with van der Waals surface area (Å²) >= 11 is 0. The number of H-pyrrole nitrogens is 1. The quantitative estimate of drug-likeness (QED) is 0.643. The highest BCUT2D eigenvalue weighted by atomic mass is 16.5. The fourth-order valence-electron chi connectivity index (χ4n) is 5.15. The Morgan fingerprint density at radius 2 is 1.76 bits per heavy atom. The van der Waals surface area contributed by atoms with E-state index in [9.17, 15) is 9.59 Å². The van der Waals surface area contributed by atoms with Crippen molar-refractivity contribution in [3.8, 4) is 11.5 Å². The second-order valence-electron chi connectivity index (χ2n) is 9.24. The maximum atomic E-state index is 13.5. The predicted molar refractivity (Wildman–Crippen MR) is 128 cm³/mol. The summed E-state index contributed by atoms with van der Waals surface area (Å²) in [5, 5.41) is 0.969. The molecule has 1 fully saturated rings. The maximum absolute atomic E-state index is 13.5. The fourth-order valence-corrected chi connectivity index (χ4v) is 5.15. The number of aromatic amines is 1. The number of fused-ring (bicyclic) bond motifs is 2. The average Bonchev–Trinajstić information content (AvgIpc) is 2.78. The van der Waals surface area contributed by atoms with Gasteiger partial charge < -0.3 is 19.4 Å². The van der Waals surface area contributed by atoms with Gasteiger partial charge in [0, 0.05) is 18.0 Å². The van der Waals surface area contributed by atoms with E-state index in [1.807, 2.05) is 43.0 Å². The van der Waals surface area contributed by atoms with Crippen molar-refractivity contribution in [3.05, 3.63) is 68.5 Å². The molecule has 1 atom stereocenters. The minimum atomic E-state index is -0.462. The lowest BCUT2D eigenvalue weighted by molar-refractivity contribution is -0.140. The highest BCUT2D eigenvalue weighted by molar-refractivity contribution is 5.84. The number of carbonyl (C=O) groups excluding carboxylic acids is 1. The van der Waals surface area contributed by atoms with Crippen LogP contribution in [0.15, 0.2) is 35.1 Å². The summed E-state index contributed by atoms with van der Waals surface area (Å²) in [7, 11) is 3.22. The molecule has 172 valence electrons. The number of benzene rings is 2. The van der Waals surface area contributed by atoms with Gasteiger partial charge >= 0.3 is 0 Å². The first-order valence-corrected chi connectivity index (χ1v) is 11.6. The van der Waals surface area contributed by atoms with Crippen LogP contribution in [-0.2, 0) is 11.2 Å². The second kappa shape index (κ2) is 8.25. The molecule has 0 spiro atoms. The van der Waals surface area contributed by atoms with Crippen LogP contribution in [0, 0.1) is 19.8 Å². The lowest BCUT2D eigenvalue weighted by Gasteiger charge is -2.41. The summed E-state index contributed by atoms with van der Waals surface area (Å²) in [4.78, 5) is 32.0. The summed E-state index contributed by atoms with van der Waals surface area (Å²) in [5.74, 6) is 1.46. The van der Waals surface area contributed by atoms with Crippen molar-refractivity contribution in [2.24, 2.45) is 5.92 Å². The standard InChI is InChI=1S/C27H30N2O4/c1-15-8-9-19-12-21(26(30)28-24(19)16(15)2)25-20-14-23(33-4)22(32-3)13-18(20)10-11-29(25)27(31)17-6-5-7-17/h8-9,12-14,17,25H,5-7,10-11H2,1-4H3,(H,28,30)/t25-/m0/s1. The summed E-state index contributed by atoms with van der Waals surface area (Å²) in [5.41, 5.74) is 5.49. The SMILES string of the molecule is COc1cc2c(cc1OC)[C@@H](c1cc3ccc(C)c(C)c3[nH]c1=O)N(C(=O)C1CCC1)CC2. The van der Waals surface area contributed by atoms with Crippen molar-refractivity contribution in [1.82, 2.24) is 9.88 Å². The summed E-state index contributed by atoms with van der Waals surface area (Å²) in [6.45, 7) is 4.64. The van der Waals surface area contributed by atoms with Crippen LogP contribution in [0.5, 0.6) is 11.5 Å². The fraction of sp³-hybridized carbons (Fsp3) is 0.407. The first-order chi connectivity index (χ1) is 15.9. The molecule has 3 aromatic rings. The van der Waals surface area contributed by atoms with E-state index in [4.69, 9.17) is 9.47 Å². The molecule has 5 rings (SSSR count). The van der Waals surface area contributed by atoms with Crippen molar-refractivity contribution >= 4 is 16.8 Å². The van der Waals surface area contributed by atoms with Crippen LogP contribution in [0.3, 0.4) is 0 Å². The van der Waals surface area contributed by atoms with Crippen molar-refractivity contribution in [1.29, 1.82) is 0 Å². The van der Waals surface area contributed by atoms with Gasteiger partial charge in [0.15, 0.2) is 11.5 Å². The number of aryl methyl sites for hydroxylation is 2. The molecule has 1 aliphatic heterocycles. The van der Waals surface area contributed by atoms with Gasteiger partial charge in [0.1, 0.15) is 0 Å². The van der Waals surface area contributed by atoms with Gasteiger partial charge in [-0.3, -0.25) is 9.59 Å². The van der Waals surface area contributed by atoms with Gasteiger partial charge in [-0.2, -0.15) is 0 Å². The maximum Gasteiger partial charge on any atom is 0.254 e. The highest BCUT2D eigenvalue weighted by Crippen LogP contribution is 2.42. The molecule has 33 heavy (non-hydrogen) atoms. The minimum Gasteiger partial charge on any atom is -0.493 e. The molecule has 1 saturated carbocycles. The van der Waals surface area contributed by atoms with Crippen LogP contribution in [-0.4, -0.2) is 36.6 Å².